The van der Waals surface area contributed by atoms with Crippen LogP contribution in [0.1, 0.15) is 29.0 Å². The molecule has 0 aliphatic carbocycles. The number of aryl methyl sites for hydroxylation is 1. The van der Waals surface area contributed by atoms with Gasteiger partial charge >= 0.3 is 0 Å². The van der Waals surface area contributed by atoms with Crippen LogP contribution in [0.3, 0.4) is 0 Å². The molecule has 1 aliphatic heterocycles. The summed E-state index contributed by atoms with van der Waals surface area (Å²) in [6.45, 7) is 1.77. The van der Waals surface area contributed by atoms with Crippen LogP contribution in [-0.4, -0.2) is 37.9 Å². The molecule has 1 amide bonds. The van der Waals surface area contributed by atoms with E-state index in [0.717, 1.165) is 12.8 Å². The molecule has 2 heterocycles. The second-order valence-electron chi connectivity index (χ2n) is 4.21. The first kappa shape index (κ1) is 12.1. The summed E-state index contributed by atoms with van der Waals surface area (Å²) in [5.41, 5.74) is 7.06. The Morgan fingerprint density at radius 2 is 2.18 bits per heavy atom. The number of nitrogens with one attached hydrogen (secondary N) is 2. The fourth-order valence-corrected chi connectivity index (χ4v) is 3.10. The van der Waals surface area contributed by atoms with Crippen LogP contribution in [0.25, 0.3) is 0 Å². The normalized spacial score (nSPS) is 24.5. The molecule has 2 rings (SSSR count). The lowest BCUT2D eigenvalue weighted by Gasteiger charge is -2.22. The number of carbonyl (C=O) groups is 1. The summed E-state index contributed by atoms with van der Waals surface area (Å²) in [5.74, 6) is 1.05. The molecule has 0 saturated carbocycles. The highest BCUT2D eigenvalue weighted by molar-refractivity contribution is 7.85. The van der Waals surface area contributed by atoms with Crippen molar-refractivity contribution >= 4 is 22.4 Å². The number of nitrogen functional groups attached to an aromatic ring is 1. The molecule has 4 N–H and O–H groups in total. The van der Waals surface area contributed by atoms with Crippen LogP contribution in [0.15, 0.2) is 0 Å². The summed E-state index contributed by atoms with van der Waals surface area (Å²) < 4.78 is 11.2. The van der Waals surface area contributed by atoms with Gasteiger partial charge in [-0.15, -0.1) is 0 Å². The number of carbonyl (C=O) groups excluding carboxylic acids is 1. The molecule has 17 heavy (non-hydrogen) atoms. The van der Waals surface area contributed by atoms with Crippen molar-refractivity contribution in [2.45, 2.75) is 25.8 Å². The standard InChI is InChI=1S/C10H16N4O2S/c1-6-8(11)9(14-13-6)10(15)12-7-2-4-17(16)5-3-7/h7H,2-5,11H2,1H3,(H,12,15)(H,13,14). The summed E-state index contributed by atoms with van der Waals surface area (Å²) in [5, 5.41) is 9.43. The summed E-state index contributed by atoms with van der Waals surface area (Å²) in [7, 11) is -0.718. The monoisotopic (exact) mass is 256 g/mol. The number of aromatic amines is 1. The van der Waals surface area contributed by atoms with Crippen molar-refractivity contribution in [3.63, 3.8) is 0 Å². The number of H-pyrrole nitrogens is 1. The first-order chi connectivity index (χ1) is 8.08. The lowest BCUT2D eigenvalue weighted by atomic mass is 10.1. The Labute approximate surface area is 102 Å². The van der Waals surface area contributed by atoms with E-state index in [1.807, 2.05) is 0 Å². The first-order valence-corrected chi connectivity index (χ1v) is 7.03. The van der Waals surface area contributed by atoms with Crippen molar-refractivity contribution in [2.75, 3.05) is 17.2 Å². The highest BCUT2D eigenvalue weighted by Crippen LogP contribution is 2.14. The van der Waals surface area contributed by atoms with Crippen LogP contribution in [0, 0.1) is 6.92 Å². The highest BCUT2D eigenvalue weighted by Gasteiger charge is 2.22. The Hall–Kier alpha value is -1.37. The van der Waals surface area contributed by atoms with Crippen LogP contribution < -0.4 is 11.1 Å². The van der Waals surface area contributed by atoms with E-state index in [0.29, 0.717) is 22.9 Å². The van der Waals surface area contributed by atoms with Crippen molar-refractivity contribution < 1.29 is 9.00 Å². The lowest BCUT2D eigenvalue weighted by Crippen LogP contribution is -2.39. The molecule has 1 aliphatic rings. The molecule has 94 valence electrons. The lowest BCUT2D eigenvalue weighted by molar-refractivity contribution is 0.0930. The van der Waals surface area contributed by atoms with Gasteiger partial charge in [0, 0.05) is 28.3 Å². The van der Waals surface area contributed by atoms with Gasteiger partial charge in [0.25, 0.3) is 5.91 Å². The maximum Gasteiger partial charge on any atom is 0.274 e. The average Bonchev–Trinajstić information content (AvgIpc) is 2.63. The fraction of sp³-hybridized carbons (Fsp3) is 0.600. The topological polar surface area (TPSA) is 101 Å². The van der Waals surface area contributed by atoms with Crippen LogP contribution in [0.5, 0.6) is 0 Å². The molecule has 1 fully saturated rings. The van der Waals surface area contributed by atoms with E-state index in [9.17, 15) is 9.00 Å². The summed E-state index contributed by atoms with van der Waals surface area (Å²) in [6.07, 6.45) is 1.50. The average molecular weight is 256 g/mol. The van der Waals surface area contributed by atoms with E-state index in [4.69, 9.17) is 5.73 Å². The van der Waals surface area contributed by atoms with Gasteiger partial charge in [0.1, 0.15) is 0 Å². The van der Waals surface area contributed by atoms with Crippen molar-refractivity contribution in [1.29, 1.82) is 0 Å². The minimum atomic E-state index is -0.718. The van der Waals surface area contributed by atoms with Gasteiger partial charge in [0.2, 0.25) is 0 Å². The van der Waals surface area contributed by atoms with Gasteiger partial charge < -0.3 is 11.1 Å². The maximum absolute atomic E-state index is 11.9. The van der Waals surface area contributed by atoms with Gasteiger partial charge in [-0.25, -0.2) is 0 Å². The number of nitrogens with zero attached hydrogens (tertiary/aromatic N) is 1. The SMILES string of the molecule is Cc1[nH]nc(C(=O)NC2CCS(=O)CC2)c1N. The fourth-order valence-electron chi connectivity index (χ4n) is 1.80. The third-order valence-electron chi connectivity index (χ3n) is 2.93. The van der Waals surface area contributed by atoms with E-state index in [1.54, 1.807) is 6.92 Å². The predicted molar refractivity (Wildman–Crippen MR) is 66.1 cm³/mol. The van der Waals surface area contributed by atoms with Gasteiger partial charge in [0.05, 0.1) is 11.4 Å². The van der Waals surface area contributed by atoms with E-state index in [-0.39, 0.29) is 17.6 Å². The van der Waals surface area contributed by atoms with E-state index >= 15 is 0 Å². The van der Waals surface area contributed by atoms with Crippen molar-refractivity contribution in [3.8, 4) is 0 Å². The number of amides is 1. The Kier molecular flexibility index (Phi) is 3.46. The van der Waals surface area contributed by atoms with Gasteiger partial charge in [-0.1, -0.05) is 0 Å². The summed E-state index contributed by atoms with van der Waals surface area (Å²) in [4.78, 5) is 11.9. The Morgan fingerprint density at radius 1 is 1.53 bits per heavy atom. The minimum absolute atomic E-state index is 0.0802. The first-order valence-electron chi connectivity index (χ1n) is 5.54. The van der Waals surface area contributed by atoms with Gasteiger partial charge in [-0.05, 0) is 19.8 Å². The molecule has 1 aromatic rings. The smallest absolute Gasteiger partial charge is 0.274 e. The molecule has 0 unspecified atom stereocenters. The molecule has 6 nitrogen and oxygen atoms in total. The second-order valence-corrected chi connectivity index (χ2v) is 5.90. The Balaban J connectivity index is 1.98. The Bertz CT molecular complexity index is 447. The van der Waals surface area contributed by atoms with Crippen molar-refractivity contribution in [3.05, 3.63) is 11.4 Å². The molecule has 0 atom stereocenters. The largest absolute Gasteiger partial charge is 0.395 e. The van der Waals surface area contributed by atoms with E-state index < -0.39 is 10.8 Å². The van der Waals surface area contributed by atoms with E-state index in [2.05, 4.69) is 15.5 Å². The number of hydrogen-bond donors (Lipinski definition) is 3. The van der Waals surface area contributed by atoms with Crippen LogP contribution >= 0.6 is 0 Å². The molecule has 0 bridgehead atoms. The van der Waals surface area contributed by atoms with E-state index in [1.165, 1.54) is 0 Å². The zero-order chi connectivity index (χ0) is 12.4. The van der Waals surface area contributed by atoms with Crippen LogP contribution in [-0.2, 0) is 10.8 Å². The Morgan fingerprint density at radius 3 is 2.71 bits per heavy atom. The van der Waals surface area contributed by atoms with Gasteiger partial charge in [-0.3, -0.25) is 14.1 Å². The third kappa shape index (κ3) is 2.66. The molecular weight excluding hydrogens is 240 g/mol. The number of hydrogen-bond acceptors (Lipinski definition) is 4. The molecule has 7 heteroatoms. The summed E-state index contributed by atoms with van der Waals surface area (Å²) in [6, 6.07) is 0.0802. The molecule has 1 saturated heterocycles. The summed E-state index contributed by atoms with van der Waals surface area (Å²) >= 11 is 0. The quantitative estimate of drug-likeness (QED) is 0.690. The van der Waals surface area contributed by atoms with Crippen LogP contribution in [0.2, 0.25) is 0 Å². The minimum Gasteiger partial charge on any atom is -0.395 e. The number of aromatic nitrogens is 2. The second kappa shape index (κ2) is 4.87. The molecule has 1 aromatic heterocycles. The molecule has 0 spiro atoms. The zero-order valence-electron chi connectivity index (χ0n) is 9.66. The number of nitrogens with two attached hydrogens (primary N) is 1. The number of anilines is 1. The van der Waals surface area contributed by atoms with Gasteiger partial charge in [-0.2, -0.15) is 5.10 Å². The molecule has 0 radical (unpaired) electrons. The van der Waals surface area contributed by atoms with Crippen LogP contribution in [0.4, 0.5) is 5.69 Å². The van der Waals surface area contributed by atoms with Gasteiger partial charge in [0.15, 0.2) is 5.69 Å². The molecular formula is C10H16N4O2S. The third-order valence-corrected chi connectivity index (χ3v) is 4.31. The van der Waals surface area contributed by atoms with Crippen molar-refractivity contribution in [2.24, 2.45) is 0 Å². The highest BCUT2D eigenvalue weighted by atomic mass is 32.2. The predicted octanol–water partition coefficient (Wildman–Crippen LogP) is -0.0588. The van der Waals surface area contributed by atoms with Crippen molar-refractivity contribution in [1.82, 2.24) is 15.5 Å². The number of rotatable bonds is 2. The zero-order valence-corrected chi connectivity index (χ0v) is 10.5. The maximum atomic E-state index is 11.9. The molecule has 0 aromatic carbocycles.